The third-order valence-corrected chi connectivity index (χ3v) is 6.17. The van der Waals surface area contributed by atoms with Gasteiger partial charge < -0.3 is 25.6 Å². The van der Waals surface area contributed by atoms with E-state index in [2.05, 4.69) is 10.3 Å². The molecule has 2 heterocycles. The first-order valence-corrected chi connectivity index (χ1v) is 11.0. The number of amides is 1. The molecule has 4 rings (SSSR count). The number of nitrogens with zero attached hydrogens (tertiary/aromatic N) is 3. The molecule has 1 aliphatic rings. The van der Waals surface area contributed by atoms with E-state index in [0.717, 1.165) is 12.1 Å². The Balaban J connectivity index is 1.87. The summed E-state index contributed by atoms with van der Waals surface area (Å²) in [5.41, 5.74) is 5.43. The van der Waals surface area contributed by atoms with Gasteiger partial charge in [0.25, 0.3) is 0 Å². The number of imidazole rings is 1. The molecule has 2 atom stereocenters. The van der Waals surface area contributed by atoms with Crippen LogP contribution in [0.1, 0.15) is 26.6 Å². The highest BCUT2D eigenvalue weighted by Gasteiger charge is 2.43. The number of carbonyl (C=O) groups excluding carboxylic acids is 1. The molecule has 4 N–H and O–H groups in total. The molecule has 7 nitrogen and oxygen atoms in total. The molecule has 11 heteroatoms. The van der Waals surface area contributed by atoms with Gasteiger partial charge in [-0.1, -0.05) is 0 Å². The number of carbonyl (C=O) groups is 1. The molecule has 1 aliphatic heterocycles. The molecule has 1 amide bonds. The predicted molar refractivity (Wildman–Crippen MR) is 122 cm³/mol. The average molecular weight is 491 g/mol. The summed E-state index contributed by atoms with van der Waals surface area (Å²) in [6.07, 6.45) is -1.07. The lowest BCUT2D eigenvalue weighted by atomic mass is 9.97. The van der Waals surface area contributed by atoms with Gasteiger partial charge in [-0.05, 0) is 57.2 Å². The van der Waals surface area contributed by atoms with Crippen LogP contribution in [0.5, 0.6) is 0 Å². The standard InChI is InChI=1S/C24H25F4N5O2/c1-12(34)19(29)22(35)33-9-8-32-21(30-15-6-4-14(25)5-7-15)20(31-23(32)24(33,2)3)13-10-16(26)18(28)17(27)11-13/h4-7,10-12,19,30,34H,8-9,29H2,1-3H3/t12-,19+/m1/s1. The fourth-order valence-electron chi connectivity index (χ4n) is 4.20. The molecule has 0 radical (unpaired) electrons. The molecule has 0 spiro atoms. The Kier molecular flexibility index (Phi) is 6.32. The lowest BCUT2D eigenvalue weighted by Gasteiger charge is -2.43. The number of hydrogen-bond acceptors (Lipinski definition) is 5. The smallest absolute Gasteiger partial charge is 0.243 e. The zero-order valence-corrected chi connectivity index (χ0v) is 19.3. The van der Waals surface area contributed by atoms with Crippen LogP contribution in [-0.4, -0.2) is 44.2 Å². The summed E-state index contributed by atoms with van der Waals surface area (Å²) < 4.78 is 57.0. The molecular weight excluding hydrogens is 466 g/mol. The maximum atomic E-state index is 14.1. The van der Waals surface area contributed by atoms with E-state index < -0.39 is 46.9 Å². The molecule has 0 saturated heterocycles. The summed E-state index contributed by atoms with van der Waals surface area (Å²) in [6, 6.07) is 5.98. The fourth-order valence-corrected chi connectivity index (χ4v) is 4.20. The predicted octanol–water partition coefficient (Wildman–Crippen LogP) is 3.64. The van der Waals surface area contributed by atoms with E-state index in [4.69, 9.17) is 5.73 Å². The van der Waals surface area contributed by atoms with Gasteiger partial charge in [-0.3, -0.25) is 4.79 Å². The molecule has 0 aliphatic carbocycles. The van der Waals surface area contributed by atoms with Crippen LogP contribution in [0.2, 0.25) is 0 Å². The molecule has 0 bridgehead atoms. The van der Waals surface area contributed by atoms with Gasteiger partial charge in [-0.25, -0.2) is 22.5 Å². The van der Waals surface area contributed by atoms with Crippen LogP contribution in [0.25, 0.3) is 11.3 Å². The zero-order chi connectivity index (χ0) is 25.7. The van der Waals surface area contributed by atoms with Crippen LogP contribution >= 0.6 is 0 Å². The Morgan fingerprint density at radius 3 is 2.29 bits per heavy atom. The summed E-state index contributed by atoms with van der Waals surface area (Å²) in [7, 11) is 0. The number of fused-ring (bicyclic) bond motifs is 1. The van der Waals surface area contributed by atoms with E-state index in [1.165, 1.54) is 36.1 Å². The van der Waals surface area contributed by atoms with E-state index in [9.17, 15) is 27.5 Å². The first-order valence-electron chi connectivity index (χ1n) is 11.0. The number of aliphatic hydroxyl groups is 1. The Morgan fingerprint density at radius 1 is 1.11 bits per heavy atom. The van der Waals surface area contributed by atoms with Crippen LogP contribution < -0.4 is 11.1 Å². The number of hydrogen-bond donors (Lipinski definition) is 3. The van der Waals surface area contributed by atoms with E-state index in [1.54, 1.807) is 18.4 Å². The number of aromatic nitrogens is 2. The van der Waals surface area contributed by atoms with Crippen molar-refractivity contribution in [3.8, 4) is 11.3 Å². The minimum absolute atomic E-state index is 0.0257. The van der Waals surface area contributed by atoms with Crippen LogP contribution in [0, 0.1) is 23.3 Å². The number of rotatable bonds is 5. The largest absolute Gasteiger partial charge is 0.391 e. The van der Waals surface area contributed by atoms with Gasteiger partial charge in [-0.15, -0.1) is 0 Å². The van der Waals surface area contributed by atoms with Crippen molar-refractivity contribution in [2.45, 2.75) is 45.0 Å². The third-order valence-electron chi connectivity index (χ3n) is 6.17. The van der Waals surface area contributed by atoms with Crippen LogP contribution in [0.15, 0.2) is 36.4 Å². The van der Waals surface area contributed by atoms with Crippen molar-refractivity contribution in [1.29, 1.82) is 0 Å². The van der Waals surface area contributed by atoms with Crippen molar-refractivity contribution in [2.24, 2.45) is 5.73 Å². The van der Waals surface area contributed by atoms with Crippen molar-refractivity contribution >= 4 is 17.4 Å². The van der Waals surface area contributed by atoms with Crippen molar-refractivity contribution in [1.82, 2.24) is 14.5 Å². The van der Waals surface area contributed by atoms with Gasteiger partial charge in [0.2, 0.25) is 5.91 Å². The number of benzene rings is 2. The molecule has 35 heavy (non-hydrogen) atoms. The van der Waals surface area contributed by atoms with Gasteiger partial charge in [0.1, 0.15) is 29.2 Å². The van der Waals surface area contributed by atoms with Crippen LogP contribution in [0.3, 0.4) is 0 Å². The number of halogens is 4. The third kappa shape index (κ3) is 4.37. The minimum Gasteiger partial charge on any atom is -0.391 e. The first-order chi connectivity index (χ1) is 16.4. The van der Waals surface area contributed by atoms with Crippen molar-refractivity contribution < 1.29 is 27.5 Å². The van der Waals surface area contributed by atoms with Crippen molar-refractivity contribution in [2.75, 3.05) is 11.9 Å². The van der Waals surface area contributed by atoms with Crippen molar-refractivity contribution in [3.05, 3.63) is 65.5 Å². The van der Waals surface area contributed by atoms with Gasteiger partial charge in [0.05, 0.1) is 11.6 Å². The van der Waals surface area contributed by atoms with E-state index in [-0.39, 0.29) is 24.3 Å². The second-order valence-electron chi connectivity index (χ2n) is 8.99. The normalized spacial score (nSPS) is 16.5. The second-order valence-corrected chi connectivity index (χ2v) is 8.99. The molecule has 2 aromatic carbocycles. The summed E-state index contributed by atoms with van der Waals surface area (Å²) in [4.78, 5) is 19.1. The van der Waals surface area contributed by atoms with Gasteiger partial charge in [0.15, 0.2) is 17.5 Å². The average Bonchev–Trinajstić information content (AvgIpc) is 3.17. The van der Waals surface area contributed by atoms with Gasteiger partial charge in [0, 0.05) is 24.3 Å². The summed E-state index contributed by atoms with van der Waals surface area (Å²) in [5, 5.41) is 12.9. The topological polar surface area (TPSA) is 96.4 Å². The highest BCUT2D eigenvalue weighted by Crippen LogP contribution is 2.40. The van der Waals surface area contributed by atoms with Crippen LogP contribution in [-0.2, 0) is 16.9 Å². The van der Waals surface area contributed by atoms with Gasteiger partial charge in [-0.2, -0.15) is 0 Å². The monoisotopic (exact) mass is 491 g/mol. The van der Waals surface area contributed by atoms with E-state index in [0.29, 0.717) is 17.3 Å². The fraction of sp³-hybridized carbons (Fsp3) is 0.333. The highest BCUT2D eigenvalue weighted by molar-refractivity contribution is 5.84. The Labute approximate surface area is 199 Å². The molecule has 0 saturated carbocycles. The van der Waals surface area contributed by atoms with E-state index in [1.807, 2.05) is 0 Å². The Hall–Kier alpha value is -3.44. The highest BCUT2D eigenvalue weighted by atomic mass is 19.2. The minimum atomic E-state index is -1.60. The molecule has 3 aromatic rings. The molecule has 1 aromatic heterocycles. The van der Waals surface area contributed by atoms with Crippen molar-refractivity contribution in [3.63, 3.8) is 0 Å². The molecule has 0 fully saturated rings. The number of nitrogens with two attached hydrogens (primary N) is 1. The van der Waals surface area contributed by atoms with E-state index >= 15 is 0 Å². The lowest BCUT2D eigenvalue weighted by molar-refractivity contribution is -0.142. The summed E-state index contributed by atoms with van der Waals surface area (Å²) in [6.45, 7) is 5.32. The lowest BCUT2D eigenvalue weighted by Crippen LogP contribution is -2.58. The summed E-state index contributed by atoms with van der Waals surface area (Å²) >= 11 is 0. The number of nitrogens with one attached hydrogen (secondary N) is 1. The SMILES string of the molecule is C[C@@H](O)[C@H](N)C(=O)N1CCn2c(nc(-c3cc(F)c(F)c(F)c3)c2Nc2ccc(F)cc2)C1(C)C. The Morgan fingerprint density at radius 2 is 1.71 bits per heavy atom. The molecule has 0 unspecified atom stereocenters. The molecular formula is C24H25F4N5O2. The first kappa shape index (κ1) is 24.7. The molecule has 186 valence electrons. The second kappa shape index (κ2) is 8.97. The van der Waals surface area contributed by atoms with Crippen LogP contribution in [0.4, 0.5) is 29.1 Å². The maximum absolute atomic E-state index is 14.1. The summed E-state index contributed by atoms with van der Waals surface area (Å²) in [5.74, 6) is -4.58. The number of aliphatic hydroxyl groups excluding tert-OH is 1. The zero-order valence-electron chi connectivity index (χ0n) is 19.3. The van der Waals surface area contributed by atoms with Gasteiger partial charge >= 0.3 is 0 Å². The number of anilines is 2. The Bertz CT molecular complexity index is 1250. The quantitative estimate of drug-likeness (QED) is 0.374. The maximum Gasteiger partial charge on any atom is 0.243 e.